The lowest BCUT2D eigenvalue weighted by atomic mass is 9.69. The molecule has 30 heavy (non-hydrogen) atoms. The molecule has 4 fully saturated rings. The lowest BCUT2D eigenvalue weighted by molar-refractivity contribution is -0.120. The predicted octanol–water partition coefficient (Wildman–Crippen LogP) is 8.16. The van der Waals surface area contributed by atoms with Crippen molar-refractivity contribution in [3.63, 3.8) is 0 Å². The SMILES string of the molecule is C/C(C(=O)C1CCC(C2CCCCC2)CC1)=C(/O)C1CCC(C2CCCCC2)CC1. The van der Waals surface area contributed by atoms with Crippen LogP contribution in [-0.2, 0) is 4.79 Å². The Morgan fingerprint density at radius 2 is 0.900 bits per heavy atom. The minimum atomic E-state index is 0.172. The Morgan fingerprint density at radius 1 is 0.533 bits per heavy atom. The second kappa shape index (κ2) is 10.7. The van der Waals surface area contributed by atoms with Gasteiger partial charge in [0, 0.05) is 17.4 Å². The smallest absolute Gasteiger partial charge is 0.164 e. The third-order valence-electron chi connectivity index (χ3n) is 9.69. The highest BCUT2D eigenvalue weighted by Gasteiger charge is 2.34. The fourth-order valence-electron chi connectivity index (χ4n) is 7.67. The maximum atomic E-state index is 13.2. The molecule has 0 bridgehead atoms. The standard InChI is InChI=1S/C28H46O2/c1-20(27(29)25-16-12-23(13-17-25)21-8-4-2-5-9-21)28(30)26-18-14-24(15-19-26)22-10-6-3-7-11-22/h21-26,29H,2-19H2,1H3/b27-20-. The molecule has 0 aliphatic heterocycles. The minimum absolute atomic E-state index is 0.172. The van der Waals surface area contributed by atoms with E-state index in [2.05, 4.69) is 0 Å². The Kier molecular flexibility index (Phi) is 7.98. The molecule has 4 rings (SSSR count). The average Bonchev–Trinajstić information content (AvgIpc) is 2.84. The molecule has 1 N–H and O–H groups in total. The van der Waals surface area contributed by atoms with Crippen molar-refractivity contribution in [1.82, 2.24) is 0 Å². The molecule has 4 aliphatic rings. The lowest BCUT2D eigenvalue weighted by Crippen LogP contribution is -2.28. The highest BCUT2D eigenvalue weighted by molar-refractivity contribution is 5.97. The predicted molar refractivity (Wildman–Crippen MR) is 124 cm³/mol. The van der Waals surface area contributed by atoms with Gasteiger partial charge in [0.25, 0.3) is 0 Å². The van der Waals surface area contributed by atoms with Crippen LogP contribution in [0.15, 0.2) is 11.3 Å². The molecular weight excluding hydrogens is 368 g/mol. The Labute approximate surface area is 185 Å². The van der Waals surface area contributed by atoms with Crippen LogP contribution in [0.4, 0.5) is 0 Å². The molecule has 0 atom stereocenters. The van der Waals surface area contributed by atoms with Crippen LogP contribution >= 0.6 is 0 Å². The molecule has 4 saturated carbocycles. The van der Waals surface area contributed by atoms with Gasteiger partial charge < -0.3 is 5.11 Å². The zero-order valence-electron chi connectivity index (χ0n) is 19.5. The van der Waals surface area contributed by atoms with Crippen LogP contribution in [0.25, 0.3) is 0 Å². The van der Waals surface area contributed by atoms with E-state index in [0.717, 1.165) is 49.4 Å². The topological polar surface area (TPSA) is 37.3 Å². The van der Waals surface area contributed by atoms with Gasteiger partial charge in [-0.2, -0.15) is 0 Å². The van der Waals surface area contributed by atoms with E-state index >= 15 is 0 Å². The largest absolute Gasteiger partial charge is 0.512 e. The van der Waals surface area contributed by atoms with E-state index in [0.29, 0.717) is 11.3 Å². The molecular formula is C28H46O2. The number of hydrogen-bond acceptors (Lipinski definition) is 2. The van der Waals surface area contributed by atoms with E-state index in [1.54, 1.807) is 0 Å². The first-order chi connectivity index (χ1) is 14.6. The first-order valence-electron chi connectivity index (χ1n) is 13.6. The zero-order chi connectivity index (χ0) is 20.9. The van der Waals surface area contributed by atoms with Crippen LogP contribution in [-0.4, -0.2) is 10.9 Å². The van der Waals surface area contributed by atoms with Crippen molar-refractivity contribution in [2.75, 3.05) is 0 Å². The van der Waals surface area contributed by atoms with Crippen LogP contribution in [0.2, 0.25) is 0 Å². The highest BCUT2D eigenvalue weighted by Crippen LogP contribution is 2.43. The van der Waals surface area contributed by atoms with Crippen molar-refractivity contribution in [2.24, 2.45) is 35.5 Å². The fourth-order valence-corrected chi connectivity index (χ4v) is 7.67. The van der Waals surface area contributed by atoms with Crippen LogP contribution in [0.5, 0.6) is 0 Å². The van der Waals surface area contributed by atoms with Crippen molar-refractivity contribution in [3.8, 4) is 0 Å². The van der Waals surface area contributed by atoms with Crippen LogP contribution in [0, 0.1) is 35.5 Å². The van der Waals surface area contributed by atoms with Gasteiger partial charge in [-0.1, -0.05) is 64.2 Å². The lowest BCUT2D eigenvalue weighted by Gasteiger charge is -2.36. The Bertz CT molecular complexity index is 578. The number of hydrogen-bond donors (Lipinski definition) is 1. The summed E-state index contributed by atoms with van der Waals surface area (Å²) in [6, 6.07) is 0. The van der Waals surface area contributed by atoms with Gasteiger partial charge in [-0.3, -0.25) is 4.79 Å². The molecule has 170 valence electrons. The quantitative estimate of drug-likeness (QED) is 0.364. The van der Waals surface area contributed by atoms with E-state index < -0.39 is 0 Å². The molecule has 0 aromatic carbocycles. The normalized spacial score (nSPS) is 35.6. The van der Waals surface area contributed by atoms with Crippen molar-refractivity contribution in [2.45, 2.75) is 122 Å². The van der Waals surface area contributed by atoms with Gasteiger partial charge in [0.2, 0.25) is 0 Å². The molecule has 0 unspecified atom stereocenters. The van der Waals surface area contributed by atoms with Crippen LogP contribution in [0.3, 0.4) is 0 Å². The van der Waals surface area contributed by atoms with Crippen molar-refractivity contribution in [1.29, 1.82) is 0 Å². The molecule has 4 aliphatic carbocycles. The van der Waals surface area contributed by atoms with E-state index in [-0.39, 0.29) is 17.6 Å². The monoisotopic (exact) mass is 414 g/mol. The number of carbonyl (C=O) groups is 1. The number of carbonyl (C=O) groups excluding carboxylic acids is 1. The summed E-state index contributed by atoms with van der Waals surface area (Å²) in [5.41, 5.74) is 0.706. The summed E-state index contributed by atoms with van der Waals surface area (Å²) in [6.45, 7) is 1.91. The molecule has 0 spiro atoms. The minimum Gasteiger partial charge on any atom is -0.512 e. The highest BCUT2D eigenvalue weighted by atomic mass is 16.3. The first-order valence-corrected chi connectivity index (χ1v) is 13.6. The number of allylic oxidation sites excluding steroid dienone is 2. The van der Waals surface area contributed by atoms with E-state index in [1.807, 2.05) is 6.92 Å². The molecule has 0 saturated heterocycles. The average molecular weight is 415 g/mol. The van der Waals surface area contributed by atoms with Crippen LogP contribution in [0.1, 0.15) is 122 Å². The summed E-state index contributed by atoms with van der Waals surface area (Å²) in [7, 11) is 0. The van der Waals surface area contributed by atoms with Crippen molar-refractivity contribution >= 4 is 5.78 Å². The van der Waals surface area contributed by atoms with Crippen LogP contribution < -0.4 is 0 Å². The van der Waals surface area contributed by atoms with Gasteiger partial charge in [0.05, 0.1) is 0 Å². The summed E-state index contributed by atoms with van der Waals surface area (Å²) in [6.07, 6.45) is 23.5. The number of aliphatic hydroxyl groups excluding tert-OH is 1. The Morgan fingerprint density at radius 3 is 1.33 bits per heavy atom. The molecule has 0 aromatic heterocycles. The number of rotatable bonds is 5. The summed E-state index contributed by atoms with van der Waals surface area (Å²) in [4.78, 5) is 13.2. The summed E-state index contributed by atoms with van der Waals surface area (Å²) >= 11 is 0. The molecule has 2 heteroatoms. The van der Waals surface area contributed by atoms with E-state index in [4.69, 9.17) is 0 Å². The van der Waals surface area contributed by atoms with Crippen molar-refractivity contribution in [3.05, 3.63) is 11.3 Å². The summed E-state index contributed by atoms with van der Waals surface area (Å²) in [5, 5.41) is 11.0. The van der Waals surface area contributed by atoms with Gasteiger partial charge in [-0.15, -0.1) is 0 Å². The summed E-state index contributed by atoms with van der Waals surface area (Å²) in [5.74, 6) is 4.74. The first kappa shape index (κ1) is 22.4. The number of ketones is 1. The number of aliphatic hydroxyl groups is 1. The maximum absolute atomic E-state index is 13.2. The maximum Gasteiger partial charge on any atom is 0.164 e. The summed E-state index contributed by atoms with van der Waals surface area (Å²) < 4.78 is 0. The molecule has 0 radical (unpaired) electrons. The second-order valence-electron chi connectivity index (χ2n) is 11.4. The number of Topliss-reactive ketones (excluding diaryl/α,β-unsaturated/α-hetero) is 1. The molecule has 0 amide bonds. The third kappa shape index (κ3) is 5.33. The van der Waals surface area contributed by atoms with Gasteiger partial charge in [0.15, 0.2) is 5.78 Å². The Hall–Kier alpha value is -0.790. The van der Waals surface area contributed by atoms with Gasteiger partial charge in [-0.05, 0) is 82.0 Å². The molecule has 0 heterocycles. The van der Waals surface area contributed by atoms with Gasteiger partial charge >= 0.3 is 0 Å². The van der Waals surface area contributed by atoms with Gasteiger partial charge in [0.1, 0.15) is 5.76 Å². The Balaban J connectivity index is 1.26. The second-order valence-corrected chi connectivity index (χ2v) is 11.4. The van der Waals surface area contributed by atoms with E-state index in [1.165, 1.54) is 89.9 Å². The molecule has 0 aromatic rings. The zero-order valence-corrected chi connectivity index (χ0v) is 19.5. The molecule has 2 nitrogen and oxygen atoms in total. The third-order valence-corrected chi connectivity index (χ3v) is 9.69. The fraction of sp³-hybridized carbons (Fsp3) is 0.893. The van der Waals surface area contributed by atoms with E-state index in [9.17, 15) is 9.90 Å². The van der Waals surface area contributed by atoms with Crippen molar-refractivity contribution < 1.29 is 9.90 Å². The van der Waals surface area contributed by atoms with Gasteiger partial charge in [-0.25, -0.2) is 0 Å².